The van der Waals surface area contributed by atoms with Crippen LogP contribution in [-0.2, 0) is 17.8 Å². The minimum atomic E-state index is -0.467. The fraction of sp³-hybridized carbons (Fsp3) is 0.476. The second kappa shape index (κ2) is 8.94. The van der Waals surface area contributed by atoms with Crippen molar-refractivity contribution in [3.8, 4) is 11.4 Å². The van der Waals surface area contributed by atoms with Gasteiger partial charge in [-0.05, 0) is 38.0 Å². The van der Waals surface area contributed by atoms with E-state index in [1.165, 1.54) is 6.07 Å². The van der Waals surface area contributed by atoms with Gasteiger partial charge in [0.05, 0.1) is 30.5 Å². The molecule has 1 aromatic heterocycles. The summed E-state index contributed by atoms with van der Waals surface area (Å²) in [5.41, 5.74) is 2.70. The van der Waals surface area contributed by atoms with Gasteiger partial charge in [-0.15, -0.1) is 12.4 Å². The van der Waals surface area contributed by atoms with Crippen LogP contribution in [0, 0.1) is 5.82 Å². The van der Waals surface area contributed by atoms with E-state index in [2.05, 4.69) is 32.8 Å². The van der Waals surface area contributed by atoms with Gasteiger partial charge in [-0.25, -0.2) is 19.2 Å². The van der Waals surface area contributed by atoms with Crippen LogP contribution in [0.2, 0.25) is 0 Å². The Kier molecular flexibility index (Phi) is 6.27. The van der Waals surface area contributed by atoms with Crippen LogP contribution in [0.5, 0.6) is 0 Å². The van der Waals surface area contributed by atoms with E-state index in [9.17, 15) is 9.18 Å². The molecule has 1 unspecified atom stereocenters. The number of fused-ring (bicyclic) bond motifs is 1. The number of halogens is 2. The van der Waals surface area contributed by atoms with E-state index >= 15 is 0 Å². The van der Waals surface area contributed by atoms with Crippen molar-refractivity contribution >= 4 is 29.9 Å². The molecule has 1 aliphatic carbocycles. The van der Waals surface area contributed by atoms with Gasteiger partial charge in [0.1, 0.15) is 11.6 Å². The molecule has 3 N–H and O–H groups in total. The summed E-state index contributed by atoms with van der Waals surface area (Å²) in [5.74, 6) is 0.741. The predicted molar refractivity (Wildman–Crippen MR) is 118 cm³/mol. The molecular formula is C21H26ClFN6O2. The zero-order valence-electron chi connectivity index (χ0n) is 17.3. The second-order valence-electron chi connectivity index (χ2n) is 8.08. The SMILES string of the molecule is CC1COCCN1c1nc(-c2ccc(NC(=O)NC3CC3)cc2F)nc2c1CNC2.Cl. The van der Waals surface area contributed by atoms with E-state index in [1.807, 2.05) is 0 Å². The molecule has 2 amide bonds. The smallest absolute Gasteiger partial charge is 0.319 e. The maximum absolute atomic E-state index is 15.0. The second-order valence-corrected chi connectivity index (χ2v) is 8.08. The molecule has 2 aliphatic heterocycles. The summed E-state index contributed by atoms with van der Waals surface area (Å²) in [4.78, 5) is 23.5. The van der Waals surface area contributed by atoms with Gasteiger partial charge >= 0.3 is 6.03 Å². The first kappa shape index (κ1) is 21.7. The monoisotopic (exact) mass is 448 g/mol. The first-order valence-electron chi connectivity index (χ1n) is 10.4. The Labute approximate surface area is 186 Å². The van der Waals surface area contributed by atoms with Crippen molar-refractivity contribution in [1.29, 1.82) is 0 Å². The lowest BCUT2D eigenvalue weighted by Gasteiger charge is -2.35. The Hall–Kier alpha value is -2.49. The third-order valence-corrected chi connectivity index (χ3v) is 5.69. The number of carbonyl (C=O) groups excluding carboxylic acids is 1. The molecule has 1 aromatic carbocycles. The molecule has 5 rings (SSSR count). The van der Waals surface area contributed by atoms with E-state index in [0.29, 0.717) is 43.4 Å². The van der Waals surface area contributed by atoms with E-state index < -0.39 is 5.82 Å². The number of nitrogens with zero attached hydrogens (tertiary/aromatic N) is 3. The Morgan fingerprint density at radius 3 is 2.87 bits per heavy atom. The van der Waals surface area contributed by atoms with E-state index in [1.54, 1.807) is 12.1 Å². The number of morpholine rings is 1. The molecule has 0 spiro atoms. The third-order valence-electron chi connectivity index (χ3n) is 5.69. The van der Waals surface area contributed by atoms with Crippen molar-refractivity contribution < 1.29 is 13.9 Å². The summed E-state index contributed by atoms with van der Waals surface area (Å²) >= 11 is 0. The Bertz CT molecular complexity index is 987. The number of hydrogen-bond acceptors (Lipinski definition) is 6. The molecule has 1 saturated carbocycles. The zero-order chi connectivity index (χ0) is 20.7. The number of ether oxygens (including phenoxy) is 1. The van der Waals surface area contributed by atoms with Crippen LogP contribution in [0.15, 0.2) is 18.2 Å². The summed E-state index contributed by atoms with van der Waals surface area (Å²) in [5, 5.41) is 8.82. The van der Waals surface area contributed by atoms with Crippen LogP contribution >= 0.6 is 12.4 Å². The highest BCUT2D eigenvalue weighted by atomic mass is 35.5. The quantitative estimate of drug-likeness (QED) is 0.666. The highest BCUT2D eigenvalue weighted by Crippen LogP contribution is 2.31. The molecule has 3 aliphatic rings. The van der Waals surface area contributed by atoms with Gasteiger partial charge in [0.25, 0.3) is 0 Å². The normalized spacial score (nSPS) is 20.1. The topological polar surface area (TPSA) is 91.4 Å². The lowest BCUT2D eigenvalue weighted by molar-refractivity contribution is 0.0984. The van der Waals surface area contributed by atoms with Gasteiger partial charge in [-0.3, -0.25) is 0 Å². The van der Waals surface area contributed by atoms with Crippen LogP contribution in [0.1, 0.15) is 31.0 Å². The molecule has 1 atom stereocenters. The standard InChI is InChI=1S/C21H25FN6O2.ClH/c1-12-11-30-7-6-28(12)20-16-9-23-10-18(16)26-19(27-20)15-5-4-14(8-17(15)22)25-21(29)24-13-2-3-13;/h4-5,8,12-13,23H,2-3,6-7,9-11H2,1H3,(H2,24,25,29);1H. The number of amides is 2. The average Bonchev–Trinajstić information content (AvgIpc) is 3.40. The van der Waals surface area contributed by atoms with E-state index in [4.69, 9.17) is 9.72 Å². The van der Waals surface area contributed by atoms with Gasteiger partial charge in [-0.1, -0.05) is 0 Å². The maximum atomic E-state index is 15.0. The van der Waals surface area contributed by atoms with Crippen molar-refractivity contribution in [1.82, 2.24) is 20.6 Å². The molecule has 2 aromatic rings. The zero-order valence-corrected chi connectivity index (χ0v) is 18.1. The molecule has 0 radical (unpaired) electrons. The average molecular weight is 449 g/mol. The van der Waals surface area contributed by atoms with Gasteiger partial charge < -0.3 is 25.6 Å². The molecule has 8 nitrogen and oxygen atoms in total. The summed E-state index contributed by atoms with van der Waals surface area (Å²) in [6.07, 6.45) is 1.99. The number of rotatable bonds is 4. The first-order chi connectivity index (χ1) is 14.6. The number of anilines is 2. The summed E-state index contributed by atoms with van der Waals surface area (Å²) in [6, 6.07) is 4.73. The highest BCUT2D eigenvalue weighted by molar-refractivity contribution is 5.90. The largest absolute Gasteiger partial charge is 0.377 e. The minimum absolute atomic E-state index is 0. The fourth-order valence-electron chi connectivity index (χ4n) is 3.90. The van der Waals surface area contributed by atoms with Crippen molar-refractivity contribution in [3.05, 3.63) is 35.3 Å². The maximum Gasteiger partial charge on any atom is 0.319 e. The fourth-order valence-corrected chi connectivity index (χ4v) is 3.90. The van der Waals surface area contributed by atoms with Crippen molar-refractivity contribution in [2.75, 3.05) is 30.0 Å². The van der Waals surface area contributed by atoms with Crippen LogP contribution in [0.4, 0.5) is 20.7 Å². The van der Waals surface area contributed by atoms with Crippen molar-refractivity contribution in [2.45, 2.75) is 44.9 Å². The number of aromatic nitrogens is 2. The Balaban J connectivity index is 0.00000231. The van der Waals surface area contributed by atoms with Gasteiger partial charge in [0.2, 0.25) is 0 Å². The van der Waals surface area contributed by atoms with E-state index in [0.717, 1.165) is 36.5 Å². The molecular weight excluding hydrogens is 423 g/mol. The van der Waals surface area contributed by atoms with Crippen LogP contribution in [0.3, 0.4) is 0 Å². The number of carbonyl (C=O) groups is 1. The number of urea groups is 1. The number of benzene rings is 1. The Morgan fingerprint density at radius 1 is 1.29 bits per heavy atom. The molecule has 10 heteroatoms. The highest BCUT2D eigenvalue weighted by Gasteiger charge is 2.28. The number of nitrogens with one attached hydrogen (secondary N) is 3. The molecule has 31 heavy (non-hydrogen) atoms. The lowest BCUT2D eigenvalue weighted by atomic mass is 10.1. The van der Waals surface area contributed by atoms with Gasteiger partial charge in [-0.2, -0.15) is 0 Å². The van der Waals surface area contributed by atoms with Crippen LogP contribution < -0.4 is 20.9 Å². The van der Waals surface area contributed by atoms with Gasteiger partial charge in [0.15, 0.2) is 5.82 Å². The van der Waals surface area contributed by atoms with Crippen LogP contribution in [0.25, 0.3) is 11.4 Å². The first-order valence-corrected chi connectivity index (χ1v) is 10.4. The lowest BCUT2D eigenvalue weighted by Crippen LogP contribution is -2.44. The van der Waals surface area contributed by atoms with Crippen molar-refractivity contribution in [2.24, 2.45) is 0 Å². The van der Waals surface area contributed by atoms with Gasteiger partial charge in [0, 0.05) is 36.9 Å². The molecule has 3 heterocycles. The van der Waals surface area contributed by atoms with E-state index in [-0.39, 0.29) is 30.5 Å². The molecule has 166 valence electrons. The van der Waals surface area contributed by atoms with Crippen molar-refractivity contribution in [3.63, 3.8) is 0 Å². The van der Waals surface area contributed by atoms with Crippen LogP contribution in [-0.4, -0.2) is 47.8 Å². The summed E-state index contributed by atoms with van der Waals surface area (Å²) in [6.45, 7) is 5.47. The molecule has 1 saturated heterocycles. The summed E-state index contributed by atoms with van der Waals surface area (Å²) < 4.78 is 20.5. The predicted octanol–water partition coefficient (Wildman–Crippen LogP) is 2.82. The third kappa shape index (κ3) is 4.58. The molecule has 2 fully saturated rings. The molecule has 0 bridgehead atoms. The number of hydrogen-bond donors (Lipinski definition) is 3. The Morgan fingerprint density at radius 2 is 2.13 bits per heavy atom. The summed E-state index contributed by atoms with van der Waals surface area (Å²) in [7, 11) is 0. The minimum Gasteiger partial charge on any atom is -0.377 e.